The van der Waals surface area contributed by atoms with Gasteiger partial charge in [-0.05, 0) is 42.5 Å². The molecule has 0 radical (unpaired) electrons. The summed E-state index contributed by atoms with van der Waals surface area (Å²) in [5.74, 6) is -0.566. The first-order valence-electron chi connectivity index (χ1n) is 9.28. The first-order chi connectivity index (χ1) is 15.2. The number of hydrogen-bond acceptors (Lipinski definition) is 5. The van der Waals surface area contributed by atoms with E-state index in [1.54, 1.807) is 24.3 Å². The van der Waals surface area contributed by atoms with Crippen LogP contribution in [0, 0.1) is 10.1 Å². The van der Waals surface area contributed by atoms with E-state index in [4.69, 9.17) is 11.6 Å². The molecule has 0 aliphatic carbocycles. The van der Waals surface area contributed by atoms with Crippen molar-refractivity contribution < 1.29 is 18.1 Å². The first-order valence-corrected chi connectivity index (χ1v) is 11.1. The number of nitrogens with zero attached hydrogens (tertiary/aromatic N) is 2. The highest BCUT2D eigenvalue weighted by Gasteiger charge is 2.26. The number of anilines is 2. The second-order valence-electron chi connectivity index (χ2n) is 6.56. The maximum absolute atomic E-state index is 13.3. The molecule has 8 nitrogen and oxygen atoms in total. The Hall–Kier alpha value is -3.69. The number of nitro benzene ring substituents is 1. The van der Waals surface area contributed by atoms with E-state index in [1.807, 2.05) is 0 Å². The van der Waals surface area contributed by atoms with E-state index in [2.05, 4.69) is 11.9 Å². The fraction of sp³-hybridized carbons (Fsp3) is 0.0455. The number of carbonyl (C=O) groups excluding carboxylic acids is 1. The maximum atomic E-state index is 13.3. The van der Waals surface area contributed by atoms with Crippen LogP contribution in [-0.4, -0.2) is 25.8 Å². The predicted octanol–water partition coefficient (Wildman–Crippen LogP) is 4.88. The SMILES string of the molecule is C=CCN(c1ccccc1Cl)S(=O)(=O)c1cccc(C(=O)Nc2ccc([N+](=O)[O-])cc2)c1. The van der Waals surface area contributed by atoms with Crippen molar-refractivity contribution in [3.63, 3.8) is 0 Å². The zero-order valence-electron chi connectivity index (χ0n) is 16.6. The second-order valence-corrected chi connectivity index (χ2v) is 8.83. The van der Waals surface area contributed by atoms with Gasteiger partial charge in [-0.15, -0.1) is 6.58 Å². The number of amides is 1. The third-order valence-electron chi connectivity index (χ3n) is 4.44. The molecular formula is C22H18ClN3O5S. The molecule has 10 heteroatoms. The number of rotatable bonds is 8. The first kappa shape index (κ1) is 23.0. The third-order valence-corrected chi connectivity index (χ3v) is 6.53. The normalized spacial score (nSPS) is 10.9. The van der Waals surface area contributed by atoms with E-state index in [9.17, 15) is 23.3 Å². The minimum absolute atomic E-state index is 0.0225. The lowest BCUT2D eigenvalue weighted by Crippen LogP contribution is -2.31. The Morgan fingerprint density at radius 3 is 2.41 bits per heavy atom. The highest BCUT2D eigenvalue weighted by atomic mass is 35.5. The Labute approximate surface area is 190 Å². The lowest BCUT2D eigenvalue weighted by atomic mass is 10.2. The molecule has 164 valence electrons. The highest BCUT2D eigenvalue weighted by molar-refractivity contribution is 7.92. The number of benzene rings is 3. The van der Waals surface area contributed by atoms with Crippen LogP contribution >= 0.6 is 11.6 Å². The number of hydrogen-bond donors (Lipinski definition) is 1. The maximum Gasteiger partial charge on any atom is 0.269 e. The molecular weight excluding hydrogens is 454 g/mol. The molecule has 0 saturated carbocycles. The number of para-hydroxylation sites is 1. The molecule has 0 atom stereocenters. The summed E-state index contributed by atoms with van der Waals surface area (Å²) in [7, 11) is -4.06. The molecule has 0 aromatic heterocycles. The topological polar surface area (TPSA) is 110 Å². The van der Waals surface area contributed by atoms with Crippen molar-refractivity contribution in [2.75, 3.05) is 16.2 Å². The lowest BCUT2D eigenvalue weighted by molar-refractivity contribution is -0.384. The molecule has 1 N–H and O–H groups in total. The van der Waals surface area contributed by atoms with Gasteiger partial charge in [0.2, 0.25) is 0 Å². The van der Waals surface area contributed by atoms with Crippen LogP contribution in [0.3, 0.4) is 0 Å². The molecule has 0 aliphatic rings. The summed E-state index contributed by atoms with van der Waals surface area (Å²) < 4.78 is 27.8. The van der Waals surface area contributed by atoms with E-state index < -0.39 is 20.9 Å². The van der Waals surface area contributed by atoms with Gasteiger partial charge in [0.25, 0.3) is 21.6 Å². The van der Waals surface area contributed by atoms with Gasteiger partial charge in [-0.1, -0.05) is 35.9 Å². The smallest absolute Gasteiger partial charge is 0.269 e. The van der Waals surface area contributed by atoms with Crippen molar-refractivity contribution in [2.45, 2.75) is 4.90 Å². The predicted molar refractivity (Wildman–Crippen MR) is 124 cm³/mol. The molecule has 0 bridgehead atoms. The number of non-ortho nitro benzene ring substituents is 1. The summed E-state index contributed by atoms with van der Waals surface area (Å²) in [5.41, 5.74) is 0.605. The van der Waals surface area contributed by atoms with Crippen LogP contribution in [0.4, 0.5) is 17.1 Å². The summed E-state index contributed by atoms with van der Waals surface area (Å²) >= 11 is 6.20. The van der Waals surface area contributed by atoms with Crippen molar-refractivity contribution in [1.29, 1.82) is 0 Å². The molecule has 0 heterocycles. The fourth-order valence-corrected chi connectivity index (χ4v) is 4.68. The molecule has 3 rings (SSSR count). The lowest BCUT2D eigenvalue weighted by Gasteiger charge is -2.24. The number of nitrogens with one attached hydrogen (secondary N) is 1. The van der Waals surface area contributed by atoms with Crippen LogP contribution < -0.4 is 9.62 Å². The Kier molecular flexibility index (Phi) is 6.92. The summed E-state index contributed by atoms with van der Waals surface area (Å²) in [6.45, 7) is 3.59. The monoisotopic (exact) mass is 471 g/mol. The Bertz CT molecular complexity index is 1280. The van der Waals surface area contributed by atoms with Gasteiger partial charge in [0.15, 0.2) is 0 Å². The minimum atomic E-state index is -4.06. The van der Waals surface area contributed by atoms with Gasteiger partial charge < -0.3 is 5.32 Å². The van der Waals surface area contributed by atoms with Crippen LogP contribution in [0.15, 0.2) is 90.3 Å². The minimum Gasteiger partial charge on any atom is -0.322 e. The average molecular weight is 472 g/mol. The zero-order chi connectivity index (χ0) is 23.3. The Morgan fingerprint density at radius 2 is 1.78 bits per heavy atom. The van der Waals surface area contributed by atoms with Gasteiger partial charge in [0.05, 0.1) is 27.1 Å². The van der Waals surface area contributed by atoms with E-state index in [1.165, 1.54) is 54.6 Å². The molecule has 32 heavy (non-hydrogen) atoms. The molecule has 0 saturated heterocycles. The van der Waals surface area contributed by atoms with Crippen molar-refractivity contribution in [1.82, 2.24) is 0 Å². The second kappa shape index (κ2) is 9.63. The molecule has 0 spiro atoms. The van der Waals surface area contributed by atoms with Gasteiger partial charge in [-0.2, -0.15) is 0 Å². The van der Waals surface area contributed by atoms with Gasteiger partial charge >= 0.3 is 0 Å². The van der Waals surface area contributed by atoms with Gasteiger partial charge in [-0.25, -0.2) is 8.42 Å². The Balaban J connectivity index is 1.91. The summed E-state index contributed by atoms with van der Waals surface area (Å²) in [5, 5.41) is 13.6. The summed E-state index contributed by atoms with van der Waals surface area (Å²) in [4.78, 5) is 22.7. The van der Waals surface area contributed by atoms with Crippen LogP contribution in [0.25, 0.3) is 0 Å². The Morgan fingerprint density at radius 1 is 1.09 bits per heavy atom. The van der Waals surface area contributed by atoms with E-state index in [0.29, 0.717) is 5.69 Å². The average Bonchev–Trinajstić information content (AvgIpc) is 2.78. The van der Waals surface area contributed by atoms with Crippen LogP contribution in [0.5, 0.6) is 0 Å². The molecule has 3 aromatic rings. The van der Waals surface area contributed by atoms with Crippen molar-refractivity contribution in [2.24, 2.45) is 0 Å². The molecule has 1 amide bonds. The third kappa shape index (κ3) is 4.96. The standard InChI is InChI=1S/C22H18ClN3O5S/c1-2-14-25(21-9-4-3-8-20(21)23)32(30,31)19-7-5-6-16(15-19)22(27)24-17-10-12-18(13-11-17)26(28)29/h2-13,15H,1,14H2,(H,24,27). The number of halogens is 1. The molecule has 0 aliphatic heterocycles. The van der Waals surface area contributed by atoms with Gasteiger partial charge in [0, 0.05) is 23.4 Å². The van der Waals surface area contributed by atoms with Gasteiger partial charge in [-0.3, -0.25) is 19.2 Å². The molecule has 0 fully saturated rings. The largest absolute Gasteiger partial charge is 0.322 e. The van der Waals surface area contributed by atoms with Crippen molar-refractivity contribution >= 4 is 44.6 Å². The van der Waals surface area contributed by atoms with Crippen molar-refractivity contribution in [3.05, 3.63) is 106 Å². The summed E-state index contributed by atoms with van der Waals surface area (Å²) in [6.07, 6.45) is 1.44. The molecule has 3 aromatic carbocycles. The van der Waals surface area contributed by atoms with Crippen LogP contribution in [-0.2, 0) is 10.0 Å². The van der Waals surface area contributed by atoms with E-state index >= 15 is 0 Å². The molecule has 0 unspecified atom stereocenters. The van der Waals surface area contributed by atoms with E-state index in [-0.39, 0.29) is 33.4 Å². The van der Waals surface area contributed by atoms with Crippen molar-refractivity contribution in [3.8, 4) is 0 Å². The number of carbonyl (C=O) groups is 1. The number of nitro groups is 1. The van der Waals surface area contributed by atoms with Crippen LogP contribution in [0.2, 0.25) is 5.02 Å². The number of sulfonamides is 1. The summed E-state index contributed by atoms with van der Waals surface area (Å²) in [6, 6.07) is 17.4. The zero-order valence-corrected chi connectivity index (χ0v) is 18.2. The quantitative estimate of drug-likeness (QED) is 0.286. The van der Waals surface area contributed by atoms with E-state index in [0.717, 1.165) is 4.31 Å². The fourth-order valence-electron chi connectivity index (χ4n) is 2.89. The highest BCUT2D eigenvalue weighted by Crippen LogP contribution is 2.30. The van der Waals surface area contributed by atoms with Gasteiger partial charge in [0.1, 0.15) is 0 Å². The van der Waals surface area contributed by atoms with Crippen LogP contribution in [0.1, 0.15) is 10.4 Å².